The zero-order valence-electron chi connectivity index (χ0n) is 17.6. The second-order valence-corrected chi connectivity index (χ2v) is 8.53. The van der Waals surface area contributed by atoms with Gasteiger partial charge >= 0.3 is 6.18 Å². The number of carbonyl (C=O) groups is 1. The van der Waals surface area contributed by atoms with Gasteiger partial charge in [0.1, 0.15) is 5.75 Å². The van der Waals surface area contributed by atoms with Crippen LogP contribution in [0.5, 0.6) is 5.75 Å². The number of benzene rings is 2. The van der Waals surface area contributed by atoms with Crippen molar-refractivity contribution in [2.75, 3.05) is 26.2 Å². The molecule has 0 radical (unpaired) electrons. The molecule has 2 aliphatic rings. The maximum absolute atomic E-state index is 13.1. The van der Waals surface area contributed by atoms with E-state index in [9.17, 15) is 23.1 Å². The fourth-order valence-electron chi connectivity index (χ4n) is 4.79. The van der Waals surface area contributed by atoms with Crippen molar-refractivity contribution in [1.29, 1.82) is 0 Å². The lowest BCUT2D eigenvalue weighted by Gasteiger charge is -2.37. The van der Waals surface area contributed by atoms with Crippen molar-refractivity contribution < 1.29 is 23.1 Å². The number of nitrogens with zero attached hydrogens (tertiary/aromatic N) is 2. The summed E-state index contributed by atoms with van der Waals surface area (Å²) in [7, 11) is 0. The molecule has 2 saturated heterocycles. The molecule has 0 spiro atoms. The minimum Gasteiger partial charge on any atom is -0.507 e. The Morgan fingerprint density at radius 2 is 1.68 bits per heavy atom. The summed E-state index contributed by atoms with van der Waals surface area (Å²) in [6.07, 6.45) is -0.110. The molecule has 31 heavy (non-hydrogen) atoms. The van der Waals surface area contributed by atoms with Crippen LogP contribution in [0.1, 0.15) is 47.2 Å². The average molecular weight is 432 g/mol. The minimum absolute atomic E-state index is 0.195. The van der Waals surface area contributed by atoms with Gasteiger partial charge < -0.3 is 14.9 Å². The van der Waals surface area contributed by atoms with Gasteiger partial charge in [-0.3, -0.25) is 4.79 Å². The van der Waals surface area contributed by atoms with Crippen molar-refractivity contribution in [1.82, 2.24) is 9.80 Å². The second kappa shape index (κ2) is 8.54. The predicted octanol–water partition coefficient (Wildman–Crippen LogP) is 5.09. The van der Waals surface area contributed by atoms with E-state index in [1.54, 1.807) is 24.0 Å². The monoisotopic (exact) mass is 432 g/mol. The van der Waals surface area contributed by atoms with Gasteiger partial charge in [0.05, 0.1) is 11.1 Å². The number of phenolic OH excluding ortho intramolecular Hbond substituents is 1. The first-order chi connectivity index (χ1) is 14.7. The van der Waals surface area contributed by atoms with Crippen LogP contribution in [0.3, 0.4) is 0 Å². The van der Waals surface area contributed by atoms with Gasteiger partial charge in [-0.25, -0.2) is 0 Å². The van der Waals surface area contributed by atoms with Crippen LogP contribution in [0.25, 0.3) is 11.1 Å². The predicted molar refractivity (Wildman–Crippen MR) is 113 cm³/mol. The summed E-state index contributed by atoms with van der Waals surface area (Å²) in [4.78, 5) is 17.4. The molecule has 0 bridgehead atoms. The van der Waals surface area contributed by atoms with Crippen LogP contribution in [-0.4, -0.2) is 53.0 Å². The maximum Gasteiger partial charge on any atom is 0.416 e. The molecule has 0 aromatic heterocycles. The van der Waals surface area contributed by atoms with Crippen LogP contribution >= 0.6 is 0 Å². The van der Waals surface area contributed by atoms with Crippen LogP contribution < -0.4 is 0 Å². The van der Waals surface area contributed by atoms with E-state index in [-0.39, 0.29) is 17.2 Å². The molecule has 1 amide bonds. The van der Waals surface area contributed by atoms with Gasteiger partial charge in [-0.05, 0) is 80.6 Å². The van der Waals surface area contributed by atoms with E-state index in [2.05, 4.69) is 4.90 Å². The highest BCUT2D eigenvalue weighted by Crippen LogP contribution is 2.35. The number of likely N-dealkylation sites (tertiary alicyclic amines) is 2. The third-order valence-corrected chi connectivity index (χ3v) is 6.46. The van der Waals surface area contributed by atoms with Gasteiger partial charge in [-0.15, -0.1) is 0 Å². The maximum atomic E-state index is 13.1. The highest BCUT2D eigenvalue weighted by Gasteiger charge is 2.32. The van der Waals surface area contributed by atoms with Crippen molar-refractivity contribution in [2.45, 2.75) is 44.8 Å². The third kappa shape index (κ3) is 4.56. The summed E-state index contributed by atoms with van der Waals surface area (Å²) >= 11 is 0. The van der Waals surface area contributed by atoms with Gasteiger partial charge in [0, 0.05) is 19.1 Å². The van der Waals surface area contributed by atoms with Crippen LogP contribution in [0.4, 0.5) is 13.2 Å². The zero-order valence-corrected chi connectivity index (χ0v) is 17.6. The van der Waals surface area contributed by atoms with Gasteiger partial charge in [0.15, 0.2) is 0 Å². The summed E-state index contributed by atoms with van der Waals surface area (Å²) in [5.41, 5.74) is 0.835. The SMILES string of the molecule is Cc1cc(-c2cccc(C(F)(F)F)c2)cc(O)c1C(=O)N1CCC(N2CCCC2)CC1. The Morgan fingerprint density at radius 3 is 2.29 bits per heavy atom. The molecule has 0 atom stereocenters. The van der Waals surface area contributed by atoms with E-state index in [4.69, 9.17) is 0 Å². The Hall–Kier alpha value is -2.54. The van der Waals surface area contributed by atoms with E-state index in [0.29, 0.717) is 35.8 Å². The molecule has 7 heteroatoms. The Balaban J connectivity index is 1.52. The van der Waals surface area contributed by atoms with E-state index < -0.39 is 11.7 Å². The number of rotatable bonds is 3. The number of halogens is 3. The smallest absolute Gasteiger partial charge is 0.416 e. The van der Waals surface area contributed by atoms with E-state index in [1.165, 1.54) is 25.0 Å². The van der Waals surface area contributed by atoms with E-state index >= 15 is 0 Å². The molecule has 4 nitrogen and oxygen atoms in total. The van der Waals surface area contributed by atoms with Gasteiger partial charge in [-0.2, -0.15) is 13.2 Å². The molecule has 2 aromatic carbocycles. The largest absolute Gasteiger partial charge is 0.507 e. The molecule has 1 N–H and O–H groups in total. The number of phenols is 1. The normalized spacial score (nSPS) is 18.5. The van der Waals surface area contributed by atoms with Gasteiger partial charge in [0.2, 0.25) is 0 Å². The van der Waals surface area contributed by atoms with Crippen molar-refractivity contribution in [3.63, 3.8) is 0 Å². The number of hydrogen-bond donors (Lipinski definition) is 1. The summed E-state index contributed by atoms with van der Waals surface area (Å²) in [6, 6.07) is 8.54. The summed E-state index contributed by atoms with van der Waals surface area (Å²) in [5, 5.41) is 10.6. The average Bonchev–Trinajstić information content (AvgIpc) is 3.27. The molecule has 2 aliphatic heterocycles. The Kier molecular flexibility index (Phi) is 5.97. The fraction of sp³-hybridized carbons (Fsp3) is 0.458. The van der Waals surface area contributed by atoms with Crippen LogP contribution in [0.15, 0.2) is 36.4 Å². The van der Waals surface area contributed by atoms with E-state index in [1.807, 2.05) is 0 Å². The van der Waals surface area contributed by atoms with Crippen molar-refractivity contribution in [3.8, 4) is 16.9 Å². The molecule has 0 saturated carbocycles. The fourth-order valence-corrected chi connectivity index (χ4v) is 4.79. The second-order valence-electron chi connectivity index (χ2n) is 8.53. The molecular weight excluding hydrogens is 405 g/mol. The molecule has 0 aliphatic carbocycles. The summed E-state index contributed by atoms with van der Waals surface area (Å²) in [5.74, 6) is -0.412. The number of amides is 1. The third-order valence-electron chi connectivity index (χ3n) is 6.46. The molecule has 2 heterocycles. The van der Waals surface area contributed by atoms with Crippen LogP contribution in [0.2, 0.25) is 0 Å². The first-order valence-corrected chi connectivity index (χ1v) is 10.8. The van der Waals surface area contributed by atoms with Crippen LogP contribution in [-0.2, 0) is 6.18 Å². The standard InChI is InChI=1S/C24H27F3N2O2/c1-16-13-18(17-5-4-6-19(14-17)24(25,26)27)15-21(30)22(16)23(31)29-11-7-20(8-12-29)28-9-2-3-10-28/h4-6,13-15,20,30H,2-3,7-12H2,1H3. The quantitative estimate of drug-likeness (QED) is 0.735. The van der Waals surface area contributed by atoms with Gasteiger partial charge in [-0.1, -0.05) is 18.2 Å². The molecule has 2 aromatic rings. The van der Waals surface area contributed by atoms with Crippen molar-refractivity contribution >= 4 is 5.91 Å². The number of aryl methyl sites for hydroxylation is 1. The topological polar surface area (TPSA) is 43.8 Å². The molecular formula is C24H27F3N2O2. The lowest BCUT2D eigenvalue weighted by Crippen LogP contribution is -2.46. The Morgan fingerprint density at radius 1 is 1.00 bits per heavy atom. The Labute approximate surface area is 180 Å². The van der Waals surface area contributed by atoms with Gasteiger partial charge in [0.25, 0.3) is 5.91 Å². The summed E-state index contributed by atoms with van der Waals surface area (Å²) < 4.78 is 39.1. The highest BCUT2D eigenvalue weighted by molar-refractivity contribution is 5.99. The molecule has 0 unspecified atom stereocenters. The number of piperidine rings is 1. The molecule has 4 rings (SSSR count). The number of alkyl halides is 3. The lowest BCUT2D eigenvalue weighted by atomic mass is 9.96. The van der Waals surface area contributed by atoms with E-state index in [0.717, 1.165) is 38.1 Å². The molecule has 166 valence electrons. The number of carbonyl (C=O) groups excluding carboxylic acids is 1. The Bertz CT molecular complexity index is 937. The van der Waals surface area contributed by atoms with Crippen molar-refractivity contribution in [3.05, 3.63) is 53.1 Å². The number of aromatic hydroxyl groups is 1. The lowest BCUT2D eigenvalue weighted by molar-refractivity contribution is -0.137. The first kappa shape index (κ1) is 21.7. The highest BCUT2D eigenvalue weighted by atomic mass is 19.4. The number of hydrogen-bond acceptors (Lipinski definition) is 3. The zero-order chi connectivity index (χ0) is 22.2. The minimum atomic E-state index is -4.44. The molecule has 2 fully saturated rings. The summed E-state index contributed by atoms with van der Waals surface area (Å²) in [6.45, 7) is 5.27. The first-order valence-electron chi connectivity index (χ1n) is 10.8. The van der Waals surface area contributed by atoms with Crippen molar-refractivity contribution in [2.24, 2.45) is 0 Å². The van der Waals surface area contributed by atoms with Crippen LogP contribution in [0, 0.1) is 6.92 Å².